The molecular weight excluding hydrogens is 378 g/mol. The van der Waals surface area contributed by atoms with Gasteiger partial charge in [-0.15, -0.1) is 5.10 Å². The molecule has 2 amide bonds. The highest BCUT2D eigenvalue weighted by Crippen LogP contribution is 2.30. The number of nitrogens with one attached hydrogen (secondary N) is 2. The van der Waals surface area contributed by atoms with E-state index in [9.17, 15) is 9.59 Å². The second kappa shape index (κ2) is 9.48. The monoisotopic (exact) mass is 403 g/mol. The summed E-state index contributed by atoms with van der Waals surface area (Å²) in [7, 11) is 0. The molecular formula is C19H25N5O5. The average molecular weight is 403 g/mol. The summed E-state index contributed by atoms with van der Waals surface area (Å²) in [4.78, 5) is 24.0. The summed E-state index contributed by atoms with van der Waals surface area (Å²) in [6.07, 6.45) is 1.10. The number of rotatable bonds is 9. The molecule has 1 aromatic carbocycles. The van der Waals surface area contributed by atoms with Crippen molar-refractivity contribution in [3.8, 4) is 5.75 Å². The summed E-state index contributed by atoms with van der Waals surface area (Å²) in [5.74, 6) is 0.0412. The van der Waals surface area contributed by atoms with Crippen molar-refractivity contribution in [2.24, 2.45) is 0 Å². The summed E-state index contributed by atoms with van der Waals surface area (Å²) in [5.41, 5.74) is 1.60. The minimum Gasteiger partial charge on any atom is -0.482 e. The van der Waals surface area contributed by atoms with Crippen LogP contribution >= 0.6 is 0 Å². The normalized spacial score (nSPS) is 14.1. The molecule has 3 rings (SSSR count). The van der Waals surface area contributed by atoms with Crippen molar-refractivity contribution in [1.82, 2.24) is 20.3 Å². The van der Waals surface area contributed by atoms with Crippen LogP contribution in [0.1, 0.15) is 42.9 Å². The van der Waals surface area contributed by atoms with Crippen molar-refractivity contribution in [2.45, 2.75) is 39.6 Å². The van der Waals surface area contributed by atoms with Gasteiger partial charge in [0, 0.05) is 13.2 Å². The average Bonchev–Trinajstić information content (AvgIpc) is 3.16. The predicted octanol–water partition coefficient (Wildman–Crippen LogP) is 1.50. The number of hydrogen-bond acceptors (Lipinski definition) is 7. The van der Waals surface area contributed by atoms with Crippen LogP contribution < -0.4 is 15.4 Å². The zero-order valence-electron chi connectivity index (χ0n) is 16.7. The zero-order valence-corrected chi connectivity index (χ0v) is 16.7. The summed E-state index contributed by atoms with van der Waals surface area (Å²) in [6, 6.07) is 5.08. The van der Waals surface area contributed by atoms with Crippen molar-refractivity contribution in [3.05, 3.63) is 35.7 Å². The molecule has 10 nitrogen and oxygen atoms in total. The van der Waals surface area contributed by atoms with Gasteiger partial charge in [0.25, 0.3) is 11.8 Å². The maximum Gasteiger partial charge on any atom is 0.273 e. The van der Waals surface area contributed by atoms with E-state index < -0.39 is 6.29 Å². The Morgan fingerprint density at radius 1 is 1.34 bits per heavy atom. The molecule has 0 saturated carbocycles. The van der Waals surface area contributed by atoms with E-state index in [1.165, 1.54) is 4.68 Å². The van der Waals surface area contributed by atoms with Gasteiger partial charge in [-0.2, -0.15) is 0 Å². The summed E-state index contributed by atoms with van der Waals surface area (Å²) in [6.45, 7) is 6.96. The van der Waals surface area contributed by atoms with E-state index in [2.05, 4.69) is 20.9 Å². The first-order valence-corrected chi connectivity index (χ1v) is 9.51. The molecule has 1 aliphatic heterocycles. The van der Waals surface area contributed by atoms with Crippen LogP contribution in [-0.4, -0.2) is 52.9 Å². The molecule has 1 aliphatic rings. The third-order valence-electron chi connectivity index (χ3n) is 4.30. The molecule has 156 valence electrons. The molecule has 1 unspecified atom stereocenters. The smallest absolute Gasteiger partial charge is 0.273 e. The minimum atomic E-state index is -0.450. The fourth-order valence-electron chi connectivity index (χ4n) is 2.89. The lowest BCUT2D eigenvalue weighted by Gasteiger charge is -2.20. The molecule has 0 spiro atoms. The Balaban J connectivity index is 1.62. The molecule has 1 atom stereocenters. The van der Waals surface area contributed by atoms with Gasteiger partial charge in [-0.25, -0.2) is 4.68 Å². The molecule has 0 bridgehead atoms. The highest BCUT2D eigenvalue weighted by Gasteiger charge is 2.20. The van der Waals surface area contributed by atoms with Crippen LogP contribution in [0.3, 0.4) is 0 Å². The van der Waals surface area contributed by atoms with Gasteiger partial charge >= 0.3 is 0 Å². The summed E-state index contributed by atoms with van der Waals surface area (Å²) in [5, 5.41) is 13.5. The molecule has 0 fully saturated rings. The highest BCUT2D eigenvalue weighted by atomic mass is 16.7. The minimum absolute atomic E-state index is 0.00173. The van der Waals surface area contributed by atoms with Crippen molar-refractivity contribution in [1.29, 1.82) is 0 Å². The molecule has 0 aliphatic carbocycles. The Bertz CT molecular complexity index is 862. The maximum atomic E-state index is 12.5. The van der Waals surface area contributed by atoms with Gasteiger partial charge in [-0.05, 0) is 38.5 Å². The number of fused-ring (bicyclic) bond motifs is 1. The molecule has 1 aromatic heterocycles. The second-order valence-corrected chi connectivity index (χ2v) is 6.45. The van der Waals surface area contributed by atoms with E-state index in [-0.39, 0.29) is 30.2 Å². The van der Waals surface area contributed by atoms with E-state index in [1.54, 1.807) is 18.3 Å². The lowest BCUT2D eigenvalue weighted by atomic mass is 10.1. The predicted molar refractivity (Wildman–Crippen MR) is 104 cm³/mol. The lowest BCUT2D eigenvalue weighted by molar-refractivity contribution is -0.145. The fourth-order valence-corrected chi connectivity index (χ4v) is 2.89. The van der Waals surface area contributed by atoms with E-state index in [0.29, 0.717) is 31.2 Å². The van der Waals surface area contributed by atoms with E-state index in [4.69, 9.17) is 14.2 Å². The summed E-state index contributed by atoms with van der Waals surface area (Å²) < 4.78 is 17.8. The number of hydrogen-bond donors (Lipinski definition) is 2. The zero-order chi connectivity index (χ0) is 20.8. The van der Waals surface area contributed by atoms with Crippen LogP contribution in [0, 0.1) is 0 Å². The Morgan fingerprint density at radius 2 is 2.10 bits per heavy atom. The molecule has 2 aromatic rings. The first-order chi connectivity index (χ1) is 14.0. The van der Waals surface area contributed by atoms with Crippen molar-refractivity contribution in [2.75, 3.05) is 25.1 Å². The number of amides is 2. The van der Waals surface area contributed by atoms with Gasteiger partial charge in [0.1, 0.15) is 5.75 Å². The van der Waals surface area contributed by atoms with Crippen molar-refractivity contribution < 1.29 is 23.8 Å². The number of aromatic nitrogens is 3. The van der Waals surface area contributed by atoms with Gasteiger partial charge in [-0.1, -0.05) is 11.3 Å². The fraction of sp³-hybridized carbons (Fsp3) is 0.474. The molecule has 10 heteroatoms. The molecule has 29 heavy (non-hydrogen) atoms. The van der Waals surface area contributed by atoms with Crippen LogP contribution in [-0.2, 0) is 20.8 Å². The third kappa shape index (κ3) is 5.30. The Morgan fingerprint density at radius 3 is 2.83 bits per heavy atom. The van der Waals surface area contributed by atoms with Crippen molar-refractivity contribution >= 4 is 17.5 Å². The SMILES string of the molecule is CCOC(Cn1cc(C(=O)NC(C)c2ccc3c(c2)NC(=O)CO3)nn1)OCC. The van der Waals surface area contributed by atoms with Crippen LogP contribution in [0.25, 0.3) is 0 Å². The number of nitrogens with zero attached hydrogens (tertiary/aromatic N) is 3. The van der Waals surface area contributed by atoms with Gasteiger partial charge < -0.3 is 24.8 Å². The number of carbonyl (C=O) groups excluding carboxylic acids is 2. The number of anilines is 1. The molecule has 2 N–H and O–H groups in total. The van der Waals surface area contributed by atoms with E-state index in [0.717, 1.165) is 5.56 Å². The molecule has 0 radical (unpaired) electrons. The standard InChI is InChI=1S/C19H25N5O5/c1-4-27-18(28-5-2)10-24-9-15(22-23-24)19(26)20-12(3)13-6-7-16-14(8-13)21-17(25)11-29-16/h6-9,12,18H,4-5,10-11H2,1-3H3,(H,20,26)(H,21,25). The van der Waals surface area contributed by atoms with E-state index >= 15 is 0 Å². The second-order valence-electron chi connectivity index (χ2n) is 6.45. The first kappa shape index (κ1) is 20.7. The maximum absolute atomic E-state index is 12.5. The number of ether oxygens (including phenoxy) is 3. The molecule has 0 saturated heterocycles. The molecule has 2 heterocycles. The number of carbonyl (C=O) groups is 2. The van der Waals surface area contributed by atoms with Gasteiger partial charge in [0.05, 0.1) is 24.5 Å². The van der Waals surface area contributed by atoms with Crippen LogP contribution in [0.4, 0.5) is 5.69 Å². The van der Waals surface area contributed by atoms with Crippen molar-refractivity contribution in [3.63, 3.8) is 0 Å². The lowest BCUT2D eigenvalue weighted by Crippen LogP contribution is -2.28. The first-order valence-electron chi connectivity index (χ1n) is 9.51. The number of benzene rings is 1. The topological polar surface area (TPSA) is 117 Å². The van der Waals surface area contributed by atoms with Crippen LogP contribution in [0.15, 0.2) is 24.4 Å². The highest BCUT2D eigenvalue weighted by molar-refractivity contribution is 5.95. The van der Waals surface area contributed by atoms with E-state index in [1.807, 2.05) is 26.8 Å². The Labute approximate surface area is 168 Å². The Kier molecular flexibility index (Phi) is 6.78. The van der Waals surface area contributed by atoms with Gasteiger partial charge in [0.15, 0.2) is 18.6 Å². The van der Waals surface area contributed by atoms with Crippen LogP contribution in [0.5, 0.6) is 5.75 Å². The van der Waals surface area contributed by atoms with Gasteiger partial charge in [-0.3, -0.25) is 9.59 Å². The van der Waals surface area contributed by atoms with Crippen LogP contribution in [0.2, 0.25) is 0 Å². The van der Waals surface area contributed by atoms with Gasteiger partial charge in [0.2, 0.25) is 0 Å². The third-order valence-corrected chi connectivity index (χ3v) is 4.30. The quantitative estimate of drug-likeness (QED) is 0.610. The Hall–Kier alpha value is -2.98. The largest absolute Gasteiger partial charge is 0.482 e. The summed E-state index contributed by atoms with van der Waals surface area (Å²) >= 11 is 0.